The summed E-state index contributed by atoms with van der Waals surface area (Å²) in [6.45, 7) is 16.7. The highest BCUT2D eigenvalue weighted by atomic mass is 16.3. The fourth-order valence-electron chi connectivity index (χ4n) is 9.92. The summed E-state index contributed by atoms with van der Waals surface area (Å²) in [6.07, 6.45) is -3.99. The fraction of sp³-hybridized carbons (Fsp3) is 0.333. The molecule has 0 aliphatic carbocycles. The molecule has 3 unspecified atom stereocenters. The molecule has 0 saturated heterocycles. The van der Waals surface area contributed by atoms with Crippen LogP contribution in [0, 0.1) is 75.5 Å². The van der Waals surface area contributed by atoms with Gasteiger partial charge in [0.2, 0.25) is 0 Å². The molecule has 0 aliphatic rings. The summed E-state index contributed by atoms with van der Waals surface area (Å²) in [5.41, 5.74) is 9.12. The smallest absolute Gasteiger partial charge is 0.336 e. The van der Waals surface area contributed by atoms with Crippen LogP contribution >= 0.6 is 0 Å². The van der Waals surface area contributed by atoms with E-state index in [0.29, 0.717) is 70.4 Å². The molecule has 3 N–H and O–H groups in total. The second-order valence-electron chi connectivity index (χ2n) is 20.6. The van der Waals surface area contributed by atoms with Crippen molar-refractivity contribution in [2.75, 3.05) is 54.0 Å². The summed E-state index contributed by atoms with van der Waals surface area (Å²) in [4.78, 5) is 49.4. The van der Waals surface area contributed by atoms with Crippen LogP contribution in [-0.4, -0.2) is 86.6 Å². The first-order valence-corrected chi connectivity index (χ1v) is 27.6. The van der Waals surface area contributed by atoms with Crippen molar-refractivity contribution in [3.05, 3.63) is 191 Å². The molecular weight excluding hydrogens is 1060 g/mol. The molecule has 0 saturated carbocycles. The highest BCUT2D eigenvalue weighted by Crippen LogP contribution is 2.34. The Hall–Kier alpha value is -9.72. The zero-order chi connectivity index (χ0) is 60.8. The summed E-state index contributed by atoms with van der Waals surface area (Å²) in [6, 6.07) is 37.9. The molecule has 1 aromatic heterocycles. The van der Waals surface area contributed by atoms with Gasteiger partial charge in [-0.1, -0.05) is 0 Å². The van der Waals surface area contributed by atoms with Gasteiger partial charge < -0.3 is 30.0 Å². The molecule has 7 rings (SSSR count). The summed E-state index contributed by atoms with van der Waals surface area (Å²) >= 11 is 0. The van der Waals surface area contributed by atoms with Crippen molar-refractivity contribution in [1.29, 1.82) is 15.8 Å². The lowest BCUT2D eigenvalue weighted by Gasteiger charge is -2.29. The first-order valence-electron chi connectivity index (χ1n) is 27.6. The van der Waals surface area contributed by atoms with Crippen LogP contribution in [0.5, 0.6) is 0 Å². The van der Waals surface area contributed by atoms with Crippen LogP contribution in [0.2, 0.25) is 0 Å². The number of hydrogen-bond acceptors (Lipinski definition) is 18. The van der Waals surface area contributed by atoms with Crippen LogP contribution in [0.3, 0.4) is 0 Å². The molecule has 0 amide bonds. The first-order chi connectivity index (χ1) is 40.3. The molecule has 432 valence electrons. The average Bonchev–Trinajstić information content (AvgIpc) is 2.61. The summed E-state index contributed by atoms with van der Waals surface area (Å²) in [5.74, 6) is 0. The molecule has 0 bridgehead atoms. The zero-order valence-electron chi connectivity index (χ0n) is 48.8. The maximum Gasteiger partial charge on any atom is 0.336 e. The van der Waals surface area contributed by atoms with Gasteiger partial charge in [0.1, 0.15) is 0 Å². The number of aliphatic hydroxyl groups is 3. The van der Waals surface area contributed by atoms with Gasteiger partial charge in [-0.2, -0.15) is 46.5 Å². The standard InChI is InChI=1S/C63H69N15O6/c1-10-73(52-25-40(4)58(41(5)26-52)70-67-49-19-13-46(31-64)14-20-49)34-55(79)37-76-61(82)77(38-56(80)35-74(11-2)53-27-42(6)59(43(7)28-53)71-68-50-21-15-47(32-65)16-22-50)63(84)78(62(76)83)39-57(81)36-75(12-3)54-29-44(8)60(45(9)30-54)72-69-51-23-17-48(33-66)18-24-51/h13-30,55-57,79-81H,10-12,34-39H2,1-9H3. The quantitative estimate of drug-likeness (QED) is 0.0476. The number of hydrogen-bond donors (Lipinski definition) is 3. The number of aryl methyl sites for hydroxylation is 6. The number of rotatable bonds is 24. The van der Waals surface area contributed by atoms with Gasteiger partial charge in [-0.05, 0) is 205 Å². The van der Waals surface area contributed by atoms with Crippen LogP contribution in [0.1, 0.15) is 70.8 Å². The minimum absolute atomic E-state index is 0.0302. The Balaban J connectivity index is 1.16. The summed E-state index contributed by atoms with van der Waals surface area (Å²) in [7, 11) is 0. The first kappa shape index (κ1) is 61.9. The lowest BCUT2D eigenvalue weighted by atomic mass is 10.1. The van der Waals surface area contributed by atoms with Gasteiger partial charge in [0.25, 0.3) is 0 Å². The van der Waals surface area contributed by atoms with Crippen LogP contribution in [0.25, 0.3) is 0 Å². The highest BCUT2D eigenvalue weighted by Gasteiger charge is 2.25. The lowest BCUT2D eigenvalue weighted by Crippen LogP contribution is -2.58. The largest absolute Gasteiger partial charge is 0.389 e. The van der Waals surface area contributed by atoms with Crippen LogP contribution in [-0.2, 0) is 19.6 Å². The Labute approximate surface area is 487 Å². The van der Waals surface area contributed by atoms with E-state index in [1.165, 1.54) is 0 Å². The van der Waals surface area contributed by atoms with Crippen molar-refractivity contribution in [2.45, 2.75) is 100 Å². The number of aromatic nitrogens is 3. The van der Waals surface area contributed by atoms with Gasteiger partial charge in [-0.25, -0.2) is 28.1 Å². The van der Waals surface area contributed by atoms with E-state index in [1.807, 2.05) is 113 Å². The van der Waals surface area contributed by atoms with Gasteiger partial charge in [-0.3, -0.25) is 0 Å². The summed E-state index contributed by atoms with van der Waals surface area (Å²) < 4.78 is 2.36. The van der Waals surface area contributed by atoms with E-state index in [2.05, 4.69) is 48.9 Å². The van der Waals surface area contributed by atoms with Crippen molar-refractivity contribution in [3.63, 3.8) is 0 Å². The fourth-order valence-corrected chi connectivity index (χ4v) is 9.92. The topological polar surface area (TPSA) is 282 Å². The van der Waals surface area contributed by atoms with Crippen molar-refractivity contribution in [3.8, 4) is 18.2 Å². The number of likely N-dealkylation sites (N-methyl/N-ethyl adjacent to an activating group) is 3. The Morgan fingerprint density at radius 1 is 0.393 bits per heavy atom. The number of nitrogens with zero attached hydrogens (tertiary/aromatic N) is 15. The van der Waals surface area contributed by atoms with E-state index in [1.54, 1.807) is 72.8 Å². The van der Waals surface area contributed by atoms with Crippen LogP contribution in [0.4, 0.5) is 51.2 Å². The second-order valence-corrected chi connectivity index (χ2v) is 20.6. The third-order valence-corrected chi connectivity index (χ3v) is 14.3. The Bertz CT molecular complexity index is 3400. The van der Waals surface area contributed by atoms with E-state index in [4.69, 9.17) is 0 Å². The molecule has 6 aromatic carbocycles. The average molecular weight is 1130 g/mol. The predicted octanol–water partition coefficient (Wildman–Crippen LogP) is 10.5. The Morgan fingerprint density at radius 2 is 0.607 bits per heavy atom. The van der Waals surface area contributed by atoms with E-state index in [9.17, 15) is 45.5 Å². The van der Waals surface area contributed by atoms with E-state index >= 15 is 0 Å². The number of aliphatic hydroxyl groups excluding tert-OH is 3. The van der Waals surface area contributed by atoms with Gasteiger partial charge in [0.15, 0.2) is 0 Å². The predicted molar refractivity (Wildman–Crippen MR) is 325 cm³/mol. The van der Waals surface area contributed by atoms with Gasteiger partial charge >= 0.3 is 17.1 Å². The third kappa shape index (κ3) is 15.2. The molecule has 0 radical (unpaired) electrons. The SMILES string of the molecule is CCN(CC(O)Cn1c(=O)n(CC(O)CN(CC)c2cc(C)c(N=Nc3ccc(C#N)cc3)c(C)c2)c(=O)n(CC(O)CN(CC)c2cc(C)c(N=Nc3ccc(C#N)cc3)c(C)c2)c1=O)c1cc(C)c(N=Nc2ccc(C#N)cc2)c(C)c1. The van der Waals surface area contributed by atoms with Crippen LogP contribution in [0.15, 0.2) is 154 Å². The van der Waals surface area contributed by atoms with Gasteiger partial charge in [-0.15, -0.1) is 0 Å². The number of azo groups is 3. The lowest BCUT2D eigenvalue weighted by molar-refractivity contribution is 0.133. The van der Waals surface area contributed by atoms with Crippen LogP contribution < -0.4 is 31.8 Å². The van der Waals surface area contributed by atoms with E-state index in [0.717, 1.165) is 64.1 Å². The molecule has 0 aliphatic heterocycles. The minimum atomic E-state index is -1.33. The van der Waals surface area contributed by atoms with E-state index in [-0.39, 0.29) is 19.6 Å². The number of benzene rings is 6. The molecule has 84 heavy (non-hydrogen) atoms. The molecule has 21 nitrogen and oxygen atoms in total. The minimum Gasteiger partial charge on any atom is -0.389 e. The normalized spacial score (nSPS) is 12.5. The van der Waals surface area contributed by atoms with E-state index < -0.39 is 55.0 Å². The molecule has 21 heteroatoms. The third-order valence-electron chi connectivity index (χ3n) is 14.3. The summed E-state index contributed by atoms with van der Waals surface area (Å²) in [5, 5.41) is 89.6. The molecular formula is C63H69N15O6. The second kappa shape index (κ2) is 28.3. The van der Waals surface area contributed by atoms with Crippen molar-refractivity contribution < 1.29 is 15.3 Å². The van der Waals surface area contributed by atoms with Gasteiger partial charge in [0.05, 0.1) is 107 Å². The van der Waals surface area contributed by atoms with Crippen molar-refractivity contribution >= 4 is 51.2 Å². The highest BCUT2D eigenvalue weighted by molar-refractivity contribution is 5.65. The van der Waals surface area contributed by atoms with Gasteiger partial charge in [0, 0.05) is 56.3 Å². The maximum absolute atomic E-state index is 14.6. The molecule has 0 fully saturated rings. The molecule has 0 spiro atoms. The monoisotopic (exact) mass is 1130 g/mol. The zero-order valence-corrected chi connectivity index (χ0v) is 48.8. The van der Waals surface area contributed by atoms with Crippen molar-refractivity contribution in [1.82, 2.24) is 13.7 Å². The molecule has 7 aromatic rings. The molecule has 3 atom stereocenters. The Morgan fingerprint density at radius 3 is 0.798 bits per heavy atom. The maximum atomic E-state index is 14.6. The number of nitriles is 3. The number of anilines is 3. The van der Waals surface area contributed by atoms with Crippen molar-refractivity contribution in [2.24, 2.45) is 30.7 Å². The molecule has 1 heterocycles. The Kier molecular flexibility index (Phi) is 20.9.